The Morgan fingerprint density at radius 1 is 1.00 bits per heavy atom. The lowest BCUT2D eigenvalue weighted by molar-refractivity contribution is -0.274. The van der Waals surface area contributed by atoms with Gasteiger partial charge in [-0.2, -0.15) is 4.68 Å². The molecule has 0 aliphatic carbocycles. The molecule has 0 unspecified atom stereocenters. The molecule has 11 heteroatoms. The molecule has 0 spiro atoms. The van der Waals surface area contributed by atoms with Crippen LogP contribution in [0.1, 0.15) is 6.92 Å². The summed E-state index contributed by atoms with van der Waals surface area (Å²) in [5.41, 5.74) is 2.95. The molecule has 0 fully saturated rings. The Labute approximate surface area is 196 Å². The number of alkyl halides is 3. The number of anilines is 1. The molecule has 34 heavy (non-hydrogen) atoms. The number of benzene rings is 3. The molecule has 4 rings (SSSR count). The lowest BCUT2D eigenvalue weighted by Crippen LogP contribution is -2.23. The SMILES string of the molecule is C[C@@H](Sc1nnnn1-c1ccc(OC(F)(F)F)cc1)C(=O)Nc1ccccc1-c1ccccc1. The van der Waals surface area contributed by atoms with Gasteiger partial charge in [0.1, 0.15) is 5.75 Å². The Kier molecular flexibility index (Phi) is 6.82. The number of carbonyl (C=O) groups is 1. The van der Waals surface area contributed by atoms with E-state index in [4.69, 9.17) is 0 Å². The molecule has 0 saturated carbocycles. The van der Waals surface area contributed by atoms with Crippen molar-refractivity contribution in [1.29, 1.82) is 0 Å². The largest absolute Gasteiger partial charge is 0.573 e. The van der Waals surface area contributed by atoms with E-state index >= 15 is 0 Å². The van der Waals surface area contributed by atoms with Crippen molar-refractivity contribution in [2.75, 3.05) is 5.32 Å². The Balaban J connectivity index is 1.46. The average Bonchev–Trinajstić information content (AvgIpc) is 3.27. The fraction of sp³-hybridized carbons (Fsp3) is 0.130. The van der Waals surface area contributed by atoms with Crippen LogP contribution in [0.2, 0.25) is 0 Å². The van der Waals surface area contributed by atoms with Gasteiger partial charge in [-0.05, 0) is 53.2 Å². The summed E-state index contributed by atoms with van der Waals surface area (Å²) in [5, 5.41) is 14.1. The second-order valence-corrected chi connectivity index (χ2v) is 8.38. The van der Waals surface area contributed by atoms with E-state index in [-0.39, 0.29) is 11.7 Å². The van der Waals surface area contributed by atoms with Crippen LogP contribution < -0.4 is 10.1 Å². The van der Waals surface area contributed by atoms with Crippen LogP contribution in [-0.2, 0) is 4.79 Å². The number of nitrogens with one attached hydrogen (secondary N) is 1. The second kappa shape index (κ2) is 9.96. The van der Waals surface area contributed by atoms with Gasteiger partial charge < -0.3 is 10.1 Å². The smallest absolute Gasteiger partial charge is 0.406 e. The number of ether oxygens (including phenoxy) is 1. The van der Waals surface area contributed by atoms with Crippen molar-refractivity contribution in [2.24, 2.45) is 0 Å². The molecule has 1 atom stereocenters. The summed E-state index contributed by atoms with van der Waals surface area (Å²) in [5.74, 6) is -0.611. The summed E-state index contributed by atoms with van der Waals surface area (Å²) >= 11 is 1.12. The third-order valence-corrected chi connectivity index (χ3v) is 5.71. The maximum absolute atomic E-state index is 12.9. The number of para-hydroxylation sites is 1. The fourth-order valence-electron chi connectivity index (χ4n) is 3.11. The van der Waals surface area contributed by atoms with E-state index in [2.05, 4.69) is 25.6 Å². The van der Waals surface area contributed by atoms with Gasteiger partial charge in [0.05, 0.1) is 10.9 Å². The maximum atomic E-state index is 12.9. The molecule has 0 aliphatic rings. The first kappa shape index (κ1) is 23.3. The minimum Gasteiger partial charge on any atom is -0.406 e. The molecule has 1 N–H and O–H groups in total. The van der Waals surface area contributed by atoms with Gasteiger partial charge in [-0.25, -0.2) is 0 Å². The fourth-order valence-corrected chi connectivity index (χ4v) is 3.92. The van der Waals surface area contributed by atoms with Crippen LogP contribution in [0.4, 0.5) is 18.9 Å². The van der Waals surface area contributed by atoms with Gasteiger partial charge in [-0.1, -0.05) is 60.3 Å². The molecule has 0 radical (unpaired) electrons. The summed E-state index contributed by atoms with van der Waals surface area (Å²) in [4.78, 5) is 12.9. The molecule has 1 aromatic heterocycles. The summed E-state index contributed by atoms with van der Waals surface area (Å²) in [7, 11) is 0. The highest BCUT2D eigenvalue weighted by Crippen LogP contribution is 2.30. The molecule has 3 aromatic carbocycles. The molecular weight excluding hydrogens is 467 g/mol. The topological polar surface area (TPSA) is 81.9 Å². The van der Waals surface area contributed by atoms with E-state index in [1.165, 1.54) is 16.8 Å². The average molecular weight is 485 g/mol. The third kappa shape index (κ3) is 5.73. The van der Waals surface area contributed by atoms with Crippen LogP contribution in [0.5, 0.6) is 5.75 Å². The van der Waals surface area contributed by atoms with Crippen molar-refractivity contribution >= 4 is 23.4 Å². The molecular formula is C23H18F3N5O2S. The van der Waals surface area contributed by atoms with Crippen molar-refractivity contribution in [3.05, 3.63) is 78.9 Å². The van der Waals surface area contributed by atoms with Crippen molar-refractivity contribution in [2.45, 2.75) is 23.7 Å². The van der Waals surface area contributed by atoms with E-state index in [9.17, 15) is 18.0 Å². The summed E-state index contributed by atoms with van der Waals surface area (Å²) in [6.07, 6.45) is -4.78. The highest BCUT2D eigenvalue weighted by molar-refractivity contribution is 8.00. The van der Waals surface area contributed by atoms with Crippen molar-refractivity contribution in [3.63, 3.8) is 0 Å². The molecule has 4 aromatic rings. The summed E-state index contributed by atoms with van der Waals surface area (Å²) in [6, 6.07) is 22.3. The van der Waals surface area contributed by atoms with E-state index < -0.39 is 11.6 Å². The van der Waals surface area contributed by atoms with Crippen LogP contribution in [0.15, 0.2) is 84.0 Å². The number of nitrogens with zero attached hydrogens (tertiary/aromatic N) is 4. The van der Waals surface area contributed by atoms with Gasteiger partial charge in [0.15, 0.2) is 0 Å². The van der Waals surface area contributed by atoms with Gasteiger partial charge in [0, 0.05) is 11.3 Å². The number of hydrogen-bond acceptors (Lipinski definition) is 6. The van der Waals surface area contributed by atoms with Gasteiger partial charge in [0.25, 0.3) is 0 Å². The van der Waals surface area contributed by atoms with Gasteiger partial charge in [-0.15, -0.1) is 18.3 Å². The third-order valence-electron chi connectivity index (χ3n) is 4.68. The molecule has 0 saturated heterocycles. The highest BCUT2D eigenvalue weighted by Gasteiger charge is 2.31. The molecule has 7 nitrogen and oxygen atoms in total. The van der Waals surface area contributed by atoms with Crippen molar-refractivity contribution < 1.29 is 22.7 Å². The highest BCUT2D eigenvalue weighted by atomic mass is 32.2. The first-order valence-electron chi connectivity index (χ1n) is 10.1. The van der Waals surface area contributed by atoms with Gasteiger partial charge in [0.2, 0.25) is 11.1 Å². The lowest BCUT2D eigenvalue weighted by Gasteiger charge is -2.15. The van der Waals surface area contributed by atoms with Gasteiger partial charge >= 0.3 is 6.36 Å². The van der Waals surface area contributed by atoms with Crippen LogP contribution in [-0.4, -0.2) is 37.7 Å². The van der Waals surface area contributed by atoms with Crippen molar-refractivity contribution in [3.8, 4) is 22.6 Å². The van der Waals surface area contributed by atoms with E-state index in [0.29, 0.717) is 16.5 Å². The number of hydrogen-bond donors (Lipinski definition) is 1. The Morgan fingerprint density at radius 3 is 2.38 bits per heavy atom. The van der Waals surface area contributed by atoms with E-state index in [1.54, 1.807) is 6.92 Å². The Bertz CT molecular complexity index is 1260. The van der Waals surface area contributed by atoms with Gasteiger partial charge in [-0.3, -0.25) is 4.79 Å². The summed E-state index contributed by atoms with van der Waals surface area (Å²) < 4.78 is 42.3. The zero-order valence-electron chi connectivity index (χ0n) is 17.7. The monoisotopic (exact) mass is 485 g/mol. The number of thioether (sulfide) groups is 1. The van der Waals surface area contributed by atoms with Crippen LogP contribution >= 0.6 is 11.8 Å². The molecule has 174 valence electrons. The minimum absolute atomic E-state index is 0.253. The molecule has 0 bridgehead atoms. The number of tetrazole rings is 1. The summed E-state index contributed by atoms with van der Waals surface area (Å²) in [6.45, 7) is 1.71. The Morgan fingerprint density at radius 2 is 1.68 bits per heavy atom. The maximum Gasteiger partial charge on any atom is 0.573 e. The zero-order chi connectivity index (χ0) is 24.1. The molecule has 0 aliphatic heterocycles. The predicted molar refractivity (Wildman–Crippen MR) is 122 cm³/mol. The van der Waals surface area contributed by atoms with Crippen LogP contribution in [0.25, 0.3) is 16.8 Å². The number of amides is 1. The minimum atomic E-state index is -4.78. The van der Waals surface area contributed by atoms with E-state index in [0.717, 1.165) is 35.0 Å². The normalized spacial score (nSPS) is 12.2. The number of rotatable bonds is 7. The Hall–Kier alpha value is -3.86. The number of halogens is 3. The standard InChI is InChI=1S/C23H18F3N5O2S/c1-15(21(32)27-20-10-6-5-9-19(20)16-7-3-2-4-8-16)34-22-28-29-30-31(22)17-11-13-18(14-12-17)33-23(24,25)26/h2-15H,1H3,(H,27,32)/t15-/m1/s1. The molecule has 1 amide bonds. The lowest BCUT2D eigenvalue weighted by atomic mass is 10.0. The first-order valence-corrected chi connectivity index (χ1v) is 10.9. The quantitative estimate of drug-likeness (QED) is 0.356. The second-order valence-electron chi connectivity index (χ2n) is 7.08. The number of carbonyl (C=O) groups excluding carboxylic acids is 1. The first-order chi connectivity index (χ1) is 16.3. The number of aromatic nitrogens is 4. The van der Waals surface area contributed by atoms with Crippen LogP contribution in [0, 0.1) is 0 Å². The zero-order valence-corrected chi connectivity index (χ0v) is 18.5. The predicted octanol–water partition coefficient (Wildman–Crippen LogP) is 5.35. The van der Waals surface area contributed by atoms with E-state index in [1.807, 2.05) is 54.6 Å². The van der Waals surface area contributed by atoms with Crippen molar-refractivity contribution in [1.82, 2.24) is 20.2 Å². The van der Waals surface area contributed by atoms with Crippen LogP contribution in [0.3, 0.4) is 0 Å². The molecule has 1 heterocycles.